The molecule has 1 N–H and O–H groups in total. The van der Waals surface area contributed by atoms with Crippen LogP contribution >= 0.6 is 0 Å². The minimum absolute atomic E-state index is 0.0812. The zero-order valence-electron chi connectivity index (χ0n) is 14.0. The summed E-state index contributed by atoms with van der Waals surface area (Å²) >= 11 is 0. The lowest BCUT2D eigenvalue weighted by molar-refractivity contribution is -0.121. The summed E-state index contributed by atoms with van der Waals surface area (Å²) < 4.78 is 28.2. The number of amides is 2. The third kappa shape index (κ3) is 3.11. The topological polar surface area (TPSA) is 67.2 Å². The van der Waals surface area contributed by atoms with Gasteiger partial charge in [0.05, 0.1) is 12.2 Å². The molecule has 1 aliphatic rings. The minimum atomic E-state index is -0.968. The highest BCUT2D eigenvalue weighted by Crippen LogP contribution is 2.28. The maximum absolute atomic E-state index is 13.6. The maximum Gasteiger partial charge on any atom is 0.274 e. The van der Waals surface area contributed by atoms with Crippen LogP contribution in [0.15, 0.2) is 18.2 Å². The molecule has 1 aliphatic carbocycles. The maximum atomic E-state index is 13.6. The molecule has 0 aliphatic heterocycles. The van der Waals surface area contributed by atoms with Gasteiger partial charge >= 0.3 is 0 Å². The highest BCUT2D eigenvalue weighted by molar-refractivity contribution is 5.96. The molecule has 1 aromatic heterocycles. The molecule has 0 saturated carbocycles. The summed E-state index contributed by atoms with van der Waals surface area (Å²) in [6.45, 7) is -0.0812. The van der Waals surface area contributed by atoms with E-state index in [1.165, 1.54) is 29.7 Å². The van der Waals surface area contributed by atoms with Crippen LogP contribution in [0.5, 0.6) is 0 Å². The van der Waals surface area contributed by atoms with Gasteiger partial charge in [0.25, 0.3) is 5.91 Å². The first kappa shape index (κ1) is 17.1. The van der Waals surface area contributed by atoms with Gasteiger partial charge in [-0.15, -0.1) is 0 Å². The first-order valence-corrected chi connectivity index (χ1v) is 7.94. The summed E-state index contributed by atoms with van der Waals surface area (Å²) in [5.74, 6) is -2.56. The SMILES string of the molecule is CNC(=O)CN(C)C(=O)c1nn(-c2ccc(F)c(F)c2)c2c1CCC2. The van der Waals surface area contributed by atoms with Crippen LogP contribution in [0.3, 0.4) is 0 Å². The number of carbonyl (C=O) groups excluding carboxylic acids is 2. The smallest absolute Gasteiger partial charge is 0.274 e. The Morgan fingerprint density at radius 2 is 2.04 bits per heavy atom. The Morgan fingerprint density at radius 3 is 2.72 bits per heavy atom. The fraction of sp³-hybridized carbons (Fsp3) is 0.353. The highest BCUT2D eigenvalue weighted by Gasteiger charge is 2.29. The number of fused-ring (bicyclic) bond motifs is 1. The molecule has 0 radical (unpaired) electrons. The zero-order chi connectivity index (χ0) is 18.1. The van der Waals surface area contributed by atoms with Gasteiger partial charge in [0.2, 0.25) is 5.91 Å². The standard InChI is InChI=1S/C17H18F2N4O2/c1-20-15(24)9-22(2)17(25)16-11-4-3-5-14(11)23(21-16)10-6-7-12(18)13(19)8-10/h6-8H,3-5,9H2,1-2H3,(H,20,24). The summed E-state index contributed by atoms with van der Waals surface area (Å²) in [6.07, 6.45) is 2.25. The molecular weight excluding hydrogens is 330 g/mol. The van der Waals surface area contributed by atoms with Crippen molar-refractivity contribution < 1.29 is 18.4 Å². The third-order valence-electron chi connectivity index (χ3n) is 4.29. The van der Waals surface area contributed by atoms with Gasteiger partial charge < -0.3 is 10.2 Å². The number of hydrogen-bond donors (Lipinski definition) is 1. The van der Waals surface area contributed by atoms with Crippen LogP contribution in [0.25, 0.3) is 5.69 Å². The Hall–Kier alpha value is -2.77. The van der Waals surface area contributed by atoms with Crippen LogP contribution in [0, 0.1) is 11.6 Å². The fourth-order valence-electron chi connectivity index (χ4n) is 2.99. The summed E-state index contributed by atoms with van der Waals surface area (Å²) in [4.78, 5) is 25.4. The molecule has 8 heteroatoms. The number of nitrogens with one attached hydrogen (secondary N) is 1. The molecule has 2 aromatic rings. The van der Waals surface area contributed by atoms with Crippen LogP contribution in [0.2, 0.25) is 0 Å². The molecule has 0 saturated heterocycles. The van der Waals surface area contributed by atoms with Crippen molar-refractivity contribution in [1.29, 1.82) is 0 Å². The number of rotatable bonds is 4. The Labute approximate surface area is 143 Å². The monoisotopic (exact) mass is 348 g/mol. The molecule has 0 unspecified atom stereocenters. The molecule has 2 amide bonds. The van der Waals surface area contributed by atoms with Gasteiger partial charge in [-0.25, -0.2) is 13.5 Å². The molecule has 3 rings (SSSR count). The van der Waals surface area contributed by atoms with E-state index in [-0.39, 0.29) is 24.1 Å². The van der Waals surface area contributed by atoms with E-state index in [0.29, 0.717) is 18.5 Å². The average molecular weight is 348 g/mol. The van der Waals surface area contributed by atoms with Crippen molar-refractivity contribution in [2.24, 2.45) is 0 Å². The van der Waals surface area contributed by atoms with Crippen molar-refractivity contribution in [2.75, 3.05) is 20.6 Å². The van der Waals surface area contributed by atoms with E-state index in [4.69, 9.17) is 0 Å². The number of carbonyl (C=O) groups is 2. The van der Waals surface area contributed by atoms with E-state index in [2.05, 4.69) is 10.4 Å². The number of aromatic nitrogens is 2. The zero-order valence-corrected chi connectivity index (χ0v) is 14.0. The van der Waals surface area contributed by atoms with E-state index in [1.54, 1.807) is 0 Å². The number of nitrogens with zero attached hydrogens (tertiary/aromatic N) is 3. The Bertz CT molecular complexity index is 847. The predicted octanol–water partition coefficient (Wildman–Crippen LogP) is 1.46. The van der Waals surface area contributed by atoms with Crippen LogP contribution in [-0.2, 0) is 17.6 Å². The Kier molecular flexibility index (Phi) is 4.52. The van der Waals surface area contributed by atoms with E-state index in [1.807, 2.05) is 0 Å². The molecule has 0 spiro atoms. The Balaban J connectivity index is 1.98. The van der Waals surface area contributed by atoms with Gasteiger partial charge in [0, 0.05) is 31.4 Å². The van der Waals surface area contributed by atoms with Crippen molar-refractivity contribution in [3.05, 3.63) is 46.8 Å². The van der Waals surface area contributed by atoms with Crippen LogP contribution in [0.4, 0.5) is 8.78 Å². The lowest BCUT2D eigenvalue weighted by atomic mass is 10.2. The first-order valence-electron chi connectivity index (χ1n) is 7.94. The molecule has 1 aromatic carbocycles. The lowest BCUT2D eigenvalue weighted by Gasteiger charge is -2.15. The van der Waals surface area contributed by atoms with Crippen LogP contribution < -0.4 is 5.32 Å². The van der Waals surface area contributed by atoms with Crippen molar-refractivity contribution in [3.8, 4) is 5.69 Å². The number of halogens is 2. The first-order chi connectivity index (χ1) is 11.9. The normalized spacial score (nSPS) is 12.8. The number of hydrogen-bond acceptors (Lipinski definition) is 3. The van der Waals surface area contributed by atoms with Gasteiger partial charge in [-0.3, -0.25) is 9.59 Å². The van der Waals surface area contributed by atoms with Crippen LogP contribution in [-0.4, -0.2) is 47.1 Å². The predicted molar refractivity (Wildman–Crippen MR) is 86.5 cm³/mol. The molecular formula is C17H18F2N4O2. The van der Waals surface area contributed by atoms with Gasteiger partial charge in [0.15, 0.2) is 17.3 Å². The number of benzene rings is 1. The average Bonchev–Trinajstić information content (AvgIpc) is 3.19. The summed E-state index contributed by atoms with van der Waals surface area (Å²) in [6, 6.07) is 3.52. The highest BCUT2D eigenvalue weighted by atomic mass is 19.2. The van der Waals surface area contributed by atoms with Gasteiger partial charge in [0.1, 0.15) is 0 Å². The third-order valence-corrected chi connectivity index (χ3v) is 4.29. The second-order valence-corrected chi connectivity index (χ2v) is 5.97. The molecule has 1 heterocycles. The van der Waals surface area contributed by atoms with E-state index < -0.39 is 11.6 Å². The lowest BCUT2D eigenvalue weighted by Crippen LogP contribution is -2.37. The molecule has 0 bridgehead atoms. The van der Waals surface area contributed by atoms with E-state index in [9.17, 15) is 18.4 Å². The number of likely N-dealkylation sites (N-methyl/N-ethyl adjacent to an activating group) is 2. The van der Waals surface area contributed by atoms with Gasteiger partial charge in [-0.1, -0.05) is 0 Å². The summed E-state index contributed by atoms with van der Waals surface area (Å²) in [7, 11) is 3.02. The molecule has 132 valence electrons. The molecule has 0 atom stereocenters. The fourth-order valence-corrected chi connectivity index (χ4v) is 2.99. The Morgan fingerprint density at radius 1 is 1.28 bits per heavy atom. The van der Waals surface area contributed by atoms with Crippen molar-refractivity contribution >= 4 is 11.8 Å². The van der Waals surface area contributed by atoms with Crippen molar-refractivity contribution in [2.45, 2.75) is 19.3 Å². The molecule has 25 heavy (non-hydrogen) atoms. The van der Waals surface area contributed by atoms with E-state index in [0.717, 1.165) is 29.8 Å². The van der Waals surface area contributed by atoms with Gasteiger partial charge in [-0.05, 0) is 31.4 Å². The van der Waals surface area contributed by atoms with E-state index >= 15 is 0 Å². The molecule has 0 fully saturated rings. The summed E-state index contributed by atoms with van der Waals surface area (Å²) in [5.41, 5.74) is 2.25. The van der Waals surface area contributed by atoms with Crippen LogP contribution in [0.1, 0.15) is 28.2 Å². The van der Waals surface area contributed by atoms with Crippen molar-refractivity contribution in [1.82, 2.24) is 20.0 Å². The quantitative estimate of drug-likeness (QED) is 0.910. The second kappa shape index (κ2) is 6.62. The minimum Gasteiger partial charge on any atom is -0.358 e. The molecule has 6 nitrogen and oxygen atoms in total. The summed E-state index contributed by atoms with van der Waals surface area (Å²) in [5, 5.41) is 6.79. The second-order valence-electron chi connectivity index (χ2n) is 5.97. The van der Waals surface area contributed by atoms with Crippen molar-refractivity contribution in [3.63, 3.8) is 0 Å². The largest absolute Gasteiger partial charge is 0.358 e. The van der Waals surface area contributed by atoms with Gasteiger partial charge in [-0.2, -0.15) is 5.10 Å².